The van der Waals surface area contributed by atoms with Gasteiger partial charge >= 0.3 is 6.18 Å². The van der Waals surface area contributed by atoms with E-state index in [1.165, 1.54) is 6.07 Å². The summed E-state index contributed by atoms with van der Waals surface area (Å²) in [5.41, 5.74) is 4.47. The maximum absolute atomic E-state index is 13.0. The maximum atomic E-state index is 13.0. The van der Waals surface area contributed by atoms with Crippen LogP contribution in [-0.4, -0.2) is 19.4 Å². The highest BCUT2D eigenvalue weighted by molar-refractivity contribution is 5.97. The molecule has 0 saturated heterocycles. The number of hydrogen-bond donors (Lipinski definition) is 2. The summed E-state index contributed by atoms with van der Waals surface area (Å²) in [4.78, 5) is 1.76. The molecule has 0 bridgehead atoms. The van der Waals surface area contributed by atoms with Gasteiger partial charge in [0.25, 0.3) is 0 Å². The molecule has 0 aliphatic heterocycles. The summed E-state index contributed by atoms with van der Waals surface area (Å²) >= 11 is 0. The number of alkyl halides is 3. The van der Waals surface area contributed by atoms with Crippen LogP contribution in [0.4, 0.5) is 18.9 Å². The number of halogens is 3. The topological polar surface area (TPSA) is 53.1 Å². The number of nitrogens with two attached hydrogens (primary N) is 1. The van der Waals surface area contributed by atoms with Gasteiger partial charge in [0.1, 0.15) is 5.84 Å². The molecular formula is C14H20F3N3. The fraction of sp³-hybridized carbons (Fsp3) is 0.500. The molecular weight excluding hydrogens is 267 g/mol. The van der Waals surface area contributed by atoms with Crippen molar-refractivity contribution in [2.24, 2.45) is 11.1 Å². The second kappa shape index (κ2) is 5.34. The van der Waals surface area contributed by atoms with E-state index in [2.05, 4.69) is 0 Å². The molecule has 0 aliphatic rings. The molecule has 0 radical (unpaired) electrons. The van der Waals surface area contributed by atoms with E-state index in [4.69, 9.17) is 11.1 Å². The van der Waals surface area contributed by atoms with E-state index in [0.29, 0.717) is 12.2 Å². The normalized spacial score (nSPS) is 12.3. The molecule has 6 heteroatoms. The van der Waals surface area contributed by atoms with Gasteiger partial charge in [-0.05, 0) is 23.6 Å². The fourth-order valence-electron chi connectivity index (χ4n) is 2.04. The Morgan fingerprint density at radius 1 is 1.25 bits per heavy atom. The lowest BCUT2D eigenvalue weighted by Crippen LogP contribution is -2.29. The van der Waals surface area contributed by atoms with E-state index in [1.54, 1.807) is 18.0 Å². The van der Waals surface area contributed by atoms with Crippen molar-refractivity contribution in [3.05, 3.63) is 29.3 Å². The largest absolute Gasteiger partial charge is 0.417 e. The zero-order valence-corrected chi connectivity index (χ0v) is 12.1. The molecule has 3 nitrogen and oxygen atoms in total. The zero-order valence-electron chi connectivity index (χ0n) is 12.1. The molecule has 3 N–H and O–H groups in total. The Kier molecular flexibility index (Phi) is 4.36. The van der Waals surface area contributed by atoms with Crippen LogP contribution in [0.1, 0.15) is 31.9 Å². The second-order valence-electron chi connectivity index (χ2n) is 6.06. The second-order valence-corrected chi connectivity index (χ2v) is 6.06. The van der Waals surface area contributed by atoms with Crippen molar-refractivity contribution in [2.75, 3.05) is 18.5 Å². The van der Waals surface area contributed by atoms with Crippen LogP contribution in [0.5, 0.6) is 0 Å². The van der Waals surface area contributed by atoms with Crippen LogP contribution in [0.2, 0.25) is 0 Å². The van der Waals surface area contributed by atoms with Gasteiger partial charge in [-0.2, -0.15) is 13.2 Å². The number of hydrogen-bond acceptors (Lipinski definition) is 2. The highest BCUT2D eigenvalue weighted by atomic mass is 19.4. The van der Waals surface area contributed by atoms with Crippen LogP contribution in [0.25, 0.3) is 0 Å². The Morgan fingerprint density at radius 2 is 1.80 bits per heavy atom. The monoisotopic (exact) mass is 287 g/mol. The standard InChI is InChI=1S/C14H20F3N3/c1-13(2,3)8-20(4)9-5-6-10(12(18)19)11(7-9)14(15,16)17/h5-7H,8H2,1-4H3,(H3,18,19). The number of nitrogen functional groups attached to an aromatic ring is 1. The molecule has 0 aliphatic carbocycles. The molecule has 0 unspecified atom stereocenters. The number of nitrogens with zero attached hydrogens (tertiary/aromatic N) is 1. The van der Waals surface area contributed by atoms with Gasteiger partial charge in [-0.3, -0.25) is 5.41 Å². The van der Waals surface area contributed by atoms with Crippen molar-refractivity contribution in [1.82, 2.24) is 0 Å². The number of rotatable bonds is 3. The highest BCUT2D eigenvalue weighted by Gasteiger charge is 2.34. The molecule has 1 aromatic rings. The van der Waals surface area contributed by atoms with E-state index >= 15 is 0 Å². The van der Waals surface area contributed by atoms with Crippen LogP contribution in [0, 0.1) is 10.8 Å². The summed E-state index contributed by atoms with van der Waals surface area (Å²) < 4.78 is 39.1. The van der Waals surface area contributed by atoms with Gasteiger partial charge in [0.05, 0.1) is 5.56 Å². The lowest BCUT2D eigenvalue weighted by atomic mass is 9.95. The van der Waals surface area contributed by atoms with E-state index in [1.807, 2.05) is 20.8 Å². The molecule has 112 valence electrons. The van der Waals surface area contributed by atoms with Crippen molar-refractivity contribution in [2.45, 2.75) is 26.9 Å². The molecule has 0 amide bonds. The van der Waals surface area contributed by atoms with Gasteiger partial charge in [0, 0.05) is 24.8 Å². The molecule has 0 fully saturated rings. The number of nitrogens with one attached hydrogen (secondary N) is 1. The van der Waals surface area contributed by atoms with Crippen LogP contribution in [0.3, 0.4) is 0 Å². The van der Waals surface area contributed by atoms with Gasteiger partial charge in [0.2, 0.25) is 0 Å². The van der Waals surface area contributed by atoms with Crippen LogP contribution < -0.4 is 10.6 Å². The smallest absolute Gasteiger partial charge is 0.384 e. The quantitative estimate of drug-likeness (QED) is 0.660. The van der Waals surface area contributed by atoms with Crippen LogP contribution in [-0.2, 0) is 6.18 Å². The average Bonchev–Trinajstić information content (AvgIpc) is 2.24. The van der Waals surface area contributed by atoms with Gasteiger partial charge < -0.3 is 10.6 Å². The predicted molar refractivity (Wildman–Crippen MR) is 75.2 cm³/mol. The third-order valence-corrected chi connectivity index (χ3v) is 2.75. The molecule has 0 saturated carbocycles. The average molecular weight is 287 g/mol. The number of benzene rings is 1. The molecule has 0 heterocycles. The first-order chi connectivity index (χ1) is 8.92. The molecule has 1 aromatic carbocycles. The summed E-state index contributed by atoms with van der Waals surface area (Å²) in [6.07, 6.45) is -4.53. The Labute approximate surface area is 117 Å². The van der Waals surface area contributed by atoms with E-state index in [0.717, 1.165) is 6.07 Å². The molecule has 1 rings (SSSR count). The Bertz CT molecular complexity index is 501. The lowest BCUT2D eigenvalue weighted by Gasteiger charge is -2.29. The van der Waals surface area contributed by atoms with Crippen molar-refractivity contribution >= 4 is 11.5 Å². The number of anilines is 1. The SMILES string of the molecule is CN(CC(C)(C)C)c1ccc(C(=N)N)c(C(F)(F)F)c1. The minimum Gasteiger partial charge on any atom is -0.384 e. The first kappa shape index (κ1) is 16.3. The summed E-state index contributed by atoms with van der Waals surface area (Å²) in [7, 11) is 1.74. The first-order valence-electron chi connectivity index (χ1n) is 6.18. The summed E-state index contributed by atoms with van der Waals surface area (Å²) in [6, 6.07) is 3.85. The van der Waals surface area contributed by atoms with Crippen molar-refractivity contribution in [3.63, 3.8) is 0 Å². The summed E-state index contributed by atoms with van der Waals surface area (Å²) in [5.74, 6) is -0.581. The number of amidine groups is 1. The third-order valence-electron chi connectivity index (χ3n) is 2.75. The molecule has 0 atom stereocenters. The van der Waals surface area contributed by atoms with Gasteiger partial charge in [-0.25, -0.2) is 0 Å². The summed E-state index contributed by atoms with van der Waals surface area (Å²) in [5, 5.41) is 7.24. The van der Waals surface area contributed by atoms with Gasteiger partial charge in [-0.1, -0.05) is 20.8 Å². The minimum absolute atomic E-state index is 0.0353. The van der Waals surface area contributed by atoms with E-state index < -0.39 is 17.6 Å². The first-order valence-corrected chi connectivity index (χ1v) is 6.18. The van der Waals surface area contributed by atoms with Crippen LogP contribution in [0.15, 0.2) is 18.2 Å². The minimum atomic E-state index is -4.53. The van der Waals surface area contributed by atoms with Gasteiger partial charge in [0.15, 0.2) is 0 Å². The lowest BCUT2D eigenvalue weighted by molar-refractivity contribution is -0.137. The molecule has 0 aromatic heterocycles. The molecule has 0 spiro atoms. The fourth-order valence-corrected chi connectivity index (χ4v) is 2.04. The van der Waals surface area contributed by atoms with Crippen molar-refractivity contribution in [1.29, 1.82) is 5.41 Å². The van der Waals surface area contributed by atoms with Crippen LogP contribution >= 0.6 is 0 Å². The van der Waals surface area contributed by atoms with E-state index in [9.17, 15) is 13.2 Å². The highest BCUT2D eigenvalue weighted by Crippen LogP contribution is 2.34. The Morgan fingerprint density at radius 3 is 2.20 bits per heavy atom. The van der Waals surface area contributed by atoms with E-state index in [-0.39, 0.29) is 11.0 Å². The Hall–Kier alpha value is -1.72. The zero-order chi connectivity index (χ0) is 15.7. The maximum Gasteiger partial charge on any atom is 0.417 e. The van der Waals surface area contributed by atoms with Crippen molar-refractivity contribution < 1.29 is 13.2 Å². The summed E-state index contributed by atoms with van der Waals surface area (Å²) in [6.45, 7) is 6.65. The Balaban J connectivity index is 3.23. The van der Waals surface area contributed by atoms with Gasteiger partial charge in [-0.15, -0.1) is 0 Å². The molecule has 20 heavy (non-hydrogen) atoms. The van der Waals surface area contributed by atoms with Crippen molar-refractivity contribution in [3.8, 4) is 0 Å². The third kappa shape index (κ3) is 4.15. The predicted octanol–water partition coefficient (Wildman–Crippen LogP) is 3.47.